The van der Waals surface area contributed by atoms with E-state index in [9.17, 15) is 28.8 Å². The van der Waals surface area contributed by atoms with E-state index in [0.717, 1.165) is 11.8 Å². The number of carbonyl (C=O) groups is 6. The molecule has 4 bridgehead atoms. The fourth-order valence-electron chi connectivity index (χ4n) is 6.72. The van der Waals surface area contributed by atoms with Crippen molar-refractivity contribution in [2.75, 3.05) is 20.3 Å². The highest BCUT2D eigenvalue weighted by Gasteiger charge is 2.50. The highest BCUT2D eigenvalue weighted by Crippen LogP contribution is 2.54. The zero-order valence-corrected chi connectivity index (χ0v) is 31.5. The van der Waals surface area contributed by atoms with Crippen molar-refractivity contribution in [1.82, 2.24) is 0 Å². The molecule has 4 aliphatic rings. The smallest absolute Gasteiger partial charge is 0.310 e. The molecule has 0 aliphatic heterocycles. The number of ether oxygens (including phenoxy) is 6. The number of rotatable bonds is 13. The summed E-state index contributed by atoms with van der Waals surface area (Å²) in [6, 6.07) is 0. The Morgan fingerprint density at radius 3 is 1.24 bits per heavy atom. The van der Waals surface area contributed by atoms with Crippen LogP contribution < -0.4 is 0 Å². The summed E-state index contributed by atoms with van der Waals surface area (Å²) in [5.41, 5.74) is -1.20. The molecular weight excluding hydrogens is 636 g/mol. The summed E-state index contributed by atoms with van der Waals surface area (Å²) in [5, 5.41) is 0. The normalized spacial score (nSPS) is 24.9. The van der Waals surface area contributed by atoms with Crippen molar-refractivity contribution in [3.05, 3.63) is 0 Å². The maximum Gasteiger partial charge on any atom is 0.310 e. The molecule has 4 rings (SSSR count). The van der Waals surface area contributed by atoms with Gasteiger partial charge in [0.25, 0.3) is 0 Å². The van der Waals surface area contributed by atoms with E-state index in [1.54, 1.807) is 69.2 Å². The van der Waals surface area contributed by atoms with Crippen LogP contribution in [0.2, 0.25) is 0 Å². The highest BCUT2D eigenvalue weighted by molar-refractivity contribution is 5.82. The first-order valence-corrected chi connectivity index (χ1v) is 17.7. The monoisotopic (exact) mass is 696 g/mol. The lowest BCUT2D eigenvalue weighted by Crippen LogP contribution is -2.50. The molecule has 0 amide bonds. The second-order valence-electron chi connectivity index (χ2n) is 16.0. The van der Waals surface area contributed by atoms with E-state index >= 15 is 0 Å². The minimum atomic E-state index is -0.637. The largest absolute Gasteiger partial charge is 0.469 e. The van der Waals surface area contributed by atoms with E-state index in [2.05, 4.69) is 4.74 Å². The van der Waals surface area contributed by atoms with Crippen molar-refractivity contribution in [2.45, 2.75) is 131 Å². The SMILES string of the molecule is CC(C(=O)OCCC(=O)OC1C2CC3CC(C2)CC1C3)C(C)C(=O)OC(C)(C)C.COC(=O)CCOC(=O)C(C)C(C)C(=O)OC(C)(C)C. The van der Waals surface area contributed by atoms with E-state index in [1.807, 2.05) is 0 Å². The number of esters is 6. The van der Waals surface area contributed by atoms with Gasteiger partial charge in [0.05, 0.1) is 43.6 Å². The van der Waals surface area contributed by atoms with Gasteiger partial charge in [-0.3, -0.25) is 28.8 Å². The highest BCUT2D eigenvalue weighted by atomic mass is 16.6. The van der Waals surface area contributed by atoms with Crippen molar-refractivity contribution in [2.24, 2.45) is 47.3 Å². The van der Waals surface area contributed by atoms with Crippen LogP contribution in [-0.4, -0.2) is 73.4 Å². The lowest BCUT2D eigenvalue weighted by molar-refractivity contribution is -0.173. The van der Waals surface area contributed by atoms with Gasteiger partial charge >= 0.3 is 35.8 Å². The standard InChI is InChI=1S/C23H36O6.C14H24O6/c1-13(14(2)22(26)29-23(3,4)5)21(25)27-7-6-19(24)28-20-17-9-15-8-16(11-17)12-18(20)10-15;1-9(10(2)13(17)20-14(3,4)5)12(16)19-8-7-11(15)18-6/h13-18,20H,6-12H2,1-5H3;9-10H,7-8H2,1-6H3. The van der Waals surface area contributed by atoms with Crippen LogP contribution >= 0.6 is 0 Å². The Hall–Kier alpha value is -3.18. The Kier molecular flexibility index (Phi) is 15.6. The summed E-state index contributed by atoms with van der Waals surface area (Å²) in [5.74, 6) is -2.43. The zero-order chi connectivity index (χ0) is 37.3. The molecular formula is C37H60O12. The molecule has 4 atom stereocenters. The minimum absolute atomic E-state index is 0.00419. The van der Waals surface area contributed by atoms with Crippen molar-refractivity contribution < 1.29 is 57.2 Å². The molecule has 4 unspecified atom stereocenters. The predicted octanol–water partition coefficient (Wildman–Crippen LogP) is 5.61. The number of hydrogen-bond acceptors (Lipinski definition) is 12. The Bertz CT molecular complexity index is 1130. The third-order valence-corrected chi connectivity index (χ3v) is 9.54. The summed E-state index contributed by atoms with van der Waals surface area (Å²) in [6.45, 7) is 17.1. The van der Waals surface area contributed by atoms with E-state index in [-0.39, 0.29) is 38.1 Å². The Labute approximate surface area is 292 Å². The third-order valence-electron chi connectivity index (χ3n) is 9.54. The van der Waals surface area contributed by atoms with Crippen molar-refractivity contribution in [1.29, 1.82) is 0 Å². The molecule has 4 fully saturated rings. The topological polar surface area (TPSA) is 158 Å². The molecule has 12 heteroatoms. The van der Waals surface area contributed by atoms with Crippen molar-refractivity contribution in [3.8, 4) is 0 Å². The number of methoxy groups -OCH3 is 1. The van der Waals surface area contributed by atoms with Gasteiger partial charge in [0.15, 0.2) is 0 Å². The molecule has 0 radical (unpaired) electrons. The first-order valence-electron chi connectivity index (χ1n) is 17.7. The second-order valence-corrected chi connectivity index (χ2v) is 16.0. The Balaban J connectivity index is 0.000000368. The fourth-order valence-corrected chi connectivity index (χ4v) is 6.72. The molecule has 0 N–H and O–H groups in total. The van der Waals surface area contributed by atoms with Gasteiger partial charge in [-0.1, -0.05) is 27.7 Å². The van der Waals surface area contributed by atoms with Crippen LogP contribution in [-0.2, 0) is 57.2 Å². The van der Waals surface area contributed by atoms with Gasteiger partial charge in [-0.25, -0.2) is 0 Å². The molecule has 0 aromatic heterocycles. The van der Waals surface area contributed by atoms with Gasteiger partial charge in [0.2, 0.25) is 0 Å². The van der Waals surface area contributed by atoms with Crippen molar-refractivity contribution >= 4 is 35.8 Å². The Morgan fingerprint density at radius 1 is 0.551 bits per heavy atom. The second kappa shape index (κ2) is 18.2. The molecule has 0 aromatic rings. The summed E-state index contributed by atoms with van der Waals surface area (Å²) < 4.78 is 30.9. The number of carbonyl (C=O) groups excluding carboxylic acids is 6. The zero-order valence-electron chi connectivity index (χ0n) is 31.5. The molecule has 49 heavy (non-hydrogen) atoms. The van der Waals surface area contributed by atoms with Crippen LogP contribution in [0.25, 0.3) is 0 Å². The molecule has 0 saturated heterocycles. The van der Waals surface area contributed by atoms with E-state index in [0.29, 0.717) is 11.8 Å². The molecule has 4 aliphatic carbocycles. The summed E-state index contributed by atoms with van der Waals surface area (Å²) in [6.07, 6.45) is 6.25. The first kappa shape index (κ1) is 42.0. The lowest BCUT2D eigenvalue weighted by atomic mass is 9.55. The van der Waals surface area contributed by atoms with Crippen LogP contribution in [0.4, 0.5) is 0 Å². The quantitative estimate of drug-likeness (QED) is 0.173. The van der Waals surface area contributed by atoms with E-state index in [1.165, 1.54) is 39.2 Å². The van der Waals surface area contributed by atoms with Gasteiger partial charge in [0, 0.05) is 0 Å². The maximum atomic E-state index is 12.3. The summed E-state index contributed by atoms with van der Waals surface area (Å²) in [7, 11) is 1.26. The first-order chi connectivity index (χ1) is 22.6. The Morgan fingerprint density at radius 2 is 0.898 bits per heavy atom. The number of hydrogen-bond donors (Lipinski definition) is 0. The van der Waals surface area contributed by atoms with Crippen LogP contribution in [0.3, 0.4) is 0 Å². The lowest BCUT2D eigenvalue weighted by Gasteiger charge is -2.53. The predicted molar refractivity (Wildman–Crippen MR) is 178 cm³/mol. The average Bonchev–Trinajstić information content (AvgIpc) is 2.99. The molecule has 12 nitrogen and oxygen atoms in total. The summed E-state index contributed by atoms with van der Waals surface area (Å²) >= 11 is 0. The van der Waals surface area contributed by atoms with Crippen LogP contribution in [0.1, 0.15) is 114 Å². The molecule has 4 saturated carbocycles. The van der Waals surface area contributed by atoms with E-state index < -0.39 is 64.7 Å². The summed E-state index contributed by atoms with van der Waals surface area (Å²) in [4.78, 5) is 71.1. The van der Waals surface area contributed by atoms with Gasteiger partial charge in [-0.05, 0) is 97.3 Å². The van der Waals surface area contributed by atoms with Gasteiger partial charge in [-0.2, -0.15) is 0 Å². The van der Waals surface area contributed by atoms with Gasteiger partial charge < -0.3 is 28.4 Å². The molecule has 0 aromatic carbocycles. The van der Waals surface area contributed by atoms with Gasteiger partial charge in [-0.15, -0.1) is 0 Å². The van der Waals surface area contributed by atoms with Crippen molar-refractivity contribution in [3.63, 3.8) is 0 Å². The molecule has 0 heterocycles. The third kappa shape index (κ3) is 13.9. The molecule has 0 spiro atoms. The fraction of sp³-hybridized carbons (Fsp3) is 0.838. The minimum Gasteiger partial charge on any atom is -0.469 e. The maximum absolute atomic E-state index is 12.3. The van der Waals surface area contributed by atoms with Crippen LogP contribution in [0, 0.1) is 47.3 Å². The van der Waals surface area contributed by atoms with Crippen LogP contribution in [0.15, 0.2) is 0 Å². The average molecular weight is 697 g/mol. The van der Waals surface area contributed by atoms with Gasteiger partial charge in [0.1, 0.15) is 30.5 Å². The van der Waals surface area contributed by atoms with Crippen LogP contribution in [0.5, 0.6) is 0 Å². The van der Waals surface area contributed by atoms with E-state index in [4.69, 9.17) is 23.7 Å². The molecule has 280 valence electrons.